The molecule has 0 aliphatic heterocycles. The van der Waals surface area contributed by atoms with E-state index >= 15 is 0 Å². The van der Waals surface area contributed by atoms with Gasteiger partial charge in [0.15, 0.2) is 0 Å². The number of fused-ring (bicyclic) bond motifs is 3. The smallest absolute Gasteiger partial charge is 0.0937 e. The number of aliphatic hydroxyl groups is 3. The van der Waals surface area contributed by atoms with Gasteiger partial charge in [-0.05, 0) is 92.1 Å². The van der Waals surface area contributed by atoms with Crippen LogP contribution in [0.2, 0.25) is 0 Å². The standard InChI is InChI=1S/C23H36O4/c1-22-9-5-17(25)13-16(22)3-4-18-20(22)6-10-23(2,21(18)26)19(7-11-24)15-8-12-27-14-15/h8,12,14,16-21,24-26H,3-7,9-11,13H2,1-2H3/t16-,17+,18-,19-,20+,21+,22+,23-/m1/s1. The molecule has 3 saturated carbocycles. The molecule has 1 heterocycles. The molecule has 0 saturated heterocycles. The number of furan rings is 1. The van der Waals surface area contributed by atoms with E-state index < -0.39 is 0 Å². The lowest BCUT2D eigenvalue weighted by atomic mass is 9.45. The van der Waals surface area contributed by atoms with Gasteiger partial charge in [-0.1, -0.05) is 13.8 Å². The molecular formula is C23H36O4. The summed E-state index contributed by atoms with van der Waals surface area (Å²) >= 11 is 0. The second kappa shape index (κ2) is 7.20. The predicted molar refractivity (Wildman–Crippen MR) is 104 cm³/mol. The monoisotopic (exact) mass is 376 g/mol. The molecule has 4 heteroatoms. The molecule has 4 rings (SSSR count). The zero-order valence-electron chi connectivity index (χ0n) is 16.8. The van der Waals surface area contributed by atoms with Gasteiger partial charge in [-0.15, -0.1) is 0 Å². The molecular weight excluding hydrogens is 340 g/mol. The molecule has 1 aromatic heterocycles. The van der Waals surface area contributed by atoms with Gasteiger partial charge in [0.2, 0.25) is 0 Å². The van der Waals surface area contributed by atoms with Crippen LogP contribution in [0.1, 0.15) is 76.7 Å². The van der Waals surface area contributed by atoms with E-state index in [9.17, 15) is 15.3 Å². The van der Waals surface area contributed by atoms with Gasteiger partial charge in [0, 0.05) is 12.0 Å². The first-order valence-corrected chi connectivity index (χ1v) is 10.9. The van der Waals surface area contributed by atoms with Gasteiger partial charge in [-0.2, -0.15) is 0 Å². The van der Waals surface area contributed by atoms with Crippen LogP contribution in [-0.2, 0) is 0 Å². The highest BCUT2D eigenvalue weighted by Gasteiger charge is 2.58. The number of rotatable bonds is 4. The highest BCUT2D eigenvalue weighted by molar-refractivity contribution is 5.20. The Kier molecular flexibility index (Phi) is 5.19. The second-order valence-corrected chi connectivity index (χ2v) is 10.1. The highest BCUT2D eigenvalue weighted by Crippen LogP contribution is 2.63. The third kappa shape index (κ3) is 3.08. The Morgan fingerprint density at radius 3 is 2.67 bits per heavy atom. The van der Waals surface area contributed by atoms with Crippen LogP contribution >= 0.6 is 0 Å². The van der Waals surface area contributed by atoms with Crippen LogP contribution in [0, 0.1) is 28.6 Å². The zero-order chi connectivity index (χ0) is 19.2. The maximum absolute atomic E-state index is 11.6. The molecule has 152 valence electrons. The Hall–Kier alpha value is -0.840. The van der Waals surface area contributed by atoms with Crippen molar-refractivity contribution in [3.05, 3.63) is 24.2 Å². The minimum absolute atomic E-state index is 0.121. The summed E-state index contributed by atoms with van der Waals surface area (Å²) in [6, 6.07) is 1.99. The fraction of sp³-hybridized carbons (Fsp3) is 0.826. The van der Waals surface area contributed by atoms with Gasteiger partial charge >= 0.3 is 0 Å². The van der Waals surface area contributed by atoms with Crippen LogP contribution < -0.4 is 0 Å². The van der Waals surface area contributed by atoms with E-state index in [1.54, 1.807) is 12.5 Å². The van der Waals surface area contributed by atoms with Crippen molar-refractivity contribution in [1.82, 2.24) is 0 Å². The van der Waals surface area contributed by atoms with Crippen molar-refractivity contribution in [2.45, 2.75) is 83.3 Å². The van der Waals surface area contributed by atoms with Crippen LogP contribution in [-0.4, -0.2) is 34.1 Å². The van der Waals surface area contributed by atoms with Gasteiger partial charge < -0.3 is 19.7 Å². The van der Waals surface area contributed by atoms with Crippen molar-refractivity contribution in [1.29, 1.82) is 0 Å². The van der Waals surface area contributed by atoms with Crippen LogP contribution in [0.3, 0.4) is 0 Å². The number of hydrogen-bond acceptors (Lipinski definition) is 4. The van der Waals surface area contributed by atoms with Crippen LogP contribution in [0.4, 0.5) is 0 Å². The molecule has 8 atom stereocenters. The normalized spacial score (nSPS) is 45.7. The summed E-state index contributed by atoms with van der Waals surface area (Å²) in [6.45, 7) is 4.78. The molecule has 3 N–H and O–H groups in total. The molecule has 3 fully saturated rings. The molecule has 3 aliphatic rings. The molecule has 0 radical (unpaired) electrons. The first-order chi connectivity index (χ1) is 12.9. The Morgan fingerprint density at radius 2 is 1.96 bits per heavy atom. The van der Waals surface area contributed by atoms with E-state index in [2.05, 4.69) is 13.8 Å². The lowest BCUT2D eigenvalue weighted by molar-refractivity contribution is -0.162. The van der Waals surface area contributed by atoms with Crippen molar-refractivity contribution >= 4 is 0 Å². The van der Waals surface area contributed by atoms with Crippen molar-refractivity contribution in [2.24, 2.45) is 28.6 Å². The molecule has 0 bridgehead atoms. The molecule has 4 nitrogen and oxygen atoms in total. The molecule has 1 aromatic rings. The largest absolute Gasteiger partial charge is 0.472 e. The summed E-state index contributed by atoms with van der Waals surface area (Å²) in [5.74, 6) is 1.59. The Labute approximate surface area is 163 Å². The minimum Gasteiger partial charge on any atom is -0.472 e. The quantitative estimate of drug-likeness (QED) is 0.740. The predicted octanol–water partition coefficient (Wildman–Crippen LogP) is 4.10. The Morgan fingerprint density at radius 1 is 1.15 bits per heavy atom. The van der Waals surface area contributed by atoms with Crippen LogP contribution in [0.5, 0.6) is 0 Å². The second-order valence-electron chi connectivity index (χ2n) is 10.1. The highest BCUT2D eigenvalue weighted by atomic mass is 16.3. The first kappa shape index (κ1) is 19.5. The van der Waals surface area contributed by atoms with Crippen molar-refractivity contribution in [2.75, 3.05) is 6.61 Å². The van der Waals surface area contributed by atoms with Gasteiger partial charge in [-0.25, -0.2) is 0 Å². The topological polar surface area (TPSA) is 73.8 Å². The number of aliphatic hydroxyl groups excluding tert-OH is 3. The van der Waals surface area contributed by atoms with Gasteiger partial charge in [0.1, 0.15) is 0 Å². The van der Waals surface area contributed by atoms with Crippen molar-refractivity contribution < 1.29 is 19.7 Å². The molecule has 27 heavy (non-hydrogen) atoms. The first-order valence-electron chi connectivity index (χ1n) is 10.9. The molecule has 0 spiro atoms. The summed E-state index contributed by atoms with van der Waals surface area (Å²) in [4.78, 5) is 0. The van der Waals surface area contributed by atoms with Gasteiger partial charge in [0.05, 0.1) is 24.7 Å². The lowest BCUT2D eigenvalue weighted by Gasteiger charge is -2.61. The Bertz CT molecular complexity index is 628. The lowest BCUT2D eigenvalue weighted by Crippen LogP contribution is -2.57. The molecule has 0 aromatic carbocycles. The third-order valence-corrected chi connectivity index (χ3v) is 8.95. The van der Waals surface area contributed by atoms with Crippen molar-refractivity contribution in [3.63, 3.8) is 0 Å². The Balaban J connectivity index is 1.60. The zero-order valence-corrected chi connectivity index (χ0v) is 16.8. The average Bonchev–Trinajstić information content (AvgIpc) is 3.17. The molecule has 3 aliphatic carbocycles. The average molecular weight is 377 g/mol. The maximum Gasteiger partial charge on any atom is 0.0937 e. The maximum atomic E-state index is 11.6. The summed E-state index contributed by atoms with van der Waals surface area (Å²) in [5.41, 5.74) is 1.13. The SMILES string of the molecule is C[C@]12CC[C@H](O)C[C@H]1CC[C@H]1[C@H](O)[C@@](C)([C@H](CCO)c3ccoc3)CC[C@@H]12. The van der Waals surface area contributed by atoms with Crippen LogP contribution in [0.15, 0.2) is 23.0 Å². The van der Waals surface area contributed by atoms with E-state index in [1.807, 2.05) is 6.07 Å². The summed E-state index contributed by atoms with van der Waals surface area (Å²) < 4.78 is 5.33. The molecule has 0 unspecified atom stereocenters. The summed E-state index contributed by atoms with van der Waals surface area (Å²) in [6.07, 6.45) is 10.9. The van der Waals surface area contributed by atoms with E-state index in [0.717, 1.165) is 50.5 Å². The van der Waals surface area contributed by atoms with Crippen molar-refractivity contribution in [3.8, 4) is 0 Å². The minimum atomic E-state index is -0.354. The van der Waals surface area contributed by atoms with Gasteiger partial charge in [0.25, 0.3) is 0 Å². The van der Waals surface area contributed by atoms with Crippen LogP contribution in [0.25, 0.3) is 0 Å². The van der Waals surface area contributed by atoms with E-state index in [1.165, 1.54) is 0 Å². The molecule has 0 amide bonds. The van der Waals surface area contributed by atoms with Gasteiger partial charge in [-0.3, -0.25) is 0 Å². The van der Waals surface area contributed by atoms with E-state index in [4.69, 9.17) is 4.42 Å². The fourth-order valence-corrected chi connectivity index (χ4v) is 7.30. The fourth-order valence-electron chi connectivity index (χ4n) is 7.30. The van der Waals surface area contributed by atoms with E-state index in [-0.39, 0.29) is 35.6 Å². The number of hydrogen-bond donors (Lipinski definition) is 3. The summed E-state index contributed by atoms with van der Waals surface area (Å²) in [7, 11) is 0. The summed E-state index contributed by atoms with van der Waals surface area (Å²) in [5, 5.41) is 31.4. The van der Waals surface area contributed by atoms with E-state index in [0.29, 0.717) is 24.2 Å². The third-order valence-electron chi connectivity index (χ3n) is 8.95.